The Bertz CT molecular complexity index is 797. The van der Waals surface area contributed by atoms with Gasteiger partial charge in [-0.25, -0.2) is 4.98 Å². The van der Waals surface area contributed by atoms with Crippen LogP contribution in [-0.4, -0.2) is 35.7 Å². The van der Waals surface area contributed by atoms with Crippen molar-refractivity contribution in [2.45, 2.75) is 27.3 Å². The molecule has 0 aliphatic heterocycles. The average molecular weight is 359 g/mol. The molecule has 7 nitrogen and oxygen atoms in total. The molecule has 2 aromatic rings. The molecule has 0 aromatic carbocycles. The lowest BCUT2D eigenvalue weighted by Gasteiger charge is -2.12. The van der Waals surface area contributed by atoms with Crippen molar-refractivity contribution in [3.63, 3.8) is 0 Å². The Balaban J connectivity index is 1.90. The number of rotatable bonds is 8. The lowest BCUT2D eigenvalue weighted by atomic mass is 10.2. The van der Waals surface area contributed by atoms with E-state index in [4.69, 9.17) is 9.47 Å². The minimum absolute atomic E-state index is 0.163. The lowest BCUT2D eigenvalue weighted by Crippen LogP contribution is -2.31. The van der Waals surface area contributed by atoms with Crippen LogP contribution in [0, 0.1) is 12.8 Å². The van der Waals surface area contributed by atoms with E-state index in [-0.39, 0.29) is 11.5 Å². The molecule has 0 saturated heterocycles. The second kappa shape index (κ2) is 9.03. The number of hydrogen-bond acceptors (Lipinski definition) is 5. The van der Waals surface area contributed by atoms with Crippen LogP contribution in [0.25, 0.3) is 0 Å². The number of aromatic nitrogens is 2. The topological polar surface area (TPSA) is 82.4 Å². The molecule has 0 unspecified atom stereocenters. The summed E-state index contributed by atoms with van der Waals surface area (Å²) in [5.41, 5.74) is 1.06. The van der Waals surface area contributed by atoms with E-state index in [2.05, 4.69) is 24.1 Å². The normalized spacial score (nSPS) is 10.7. The maximum absolute atomic E-state index is 12.2. The van der Waals surface area contributed by atoms with Crippen LogP contribution in [-0.2, 0) is 6.54 Å². The van der Waals surface area contributed by atoms with Gasteiger partial charge in [-0.3, -0.25) is 9.59 Å². The minimum Gasteiger partial charge on any atom is -0.496 e. The van der Waals surface area contributed by atoms with Crippen molar-refractivity contribution in [1.82, 2.24) is 14.9 Å². The number of ether oxygens (including phenoxy) is 2. The van der Waals surface area contributed by atoms with Crippen molar-refractivity contribution in [2.75, 3.05) is 20.3 Å². The molecule has 0 fully saturated rings. The predicted octanol–water partition coefficient (Wildman–Crippen LogP) is 2.03. The van der Waals surface area contributed by atoms with Gasteiger partial charge in [-0.1, -0.05) is 13.8 Å². The van der Waals surface area contributed by atoms with E-state index in [0.29, 0.717) is 42.8 Å². The van der Waals surface area contributed by atoms with Crippen molar-refractivity contribution in [3.8, 4) is 11.6 Å². The van der Waals surface area contributed by atoms with E-state index >= 15 is 0 Å². The summed E-state index contributed by atoms with van der Waals surface area (Å²) in [4.78, 5) is 28.4. The summed E-state index contributed by atoms with van der Waals surface area (Å²) in [5.74, 6) is 1.19. The van der Waals surface area contributed by atoms with E-state index in [1.165, 1.54) is 19.4 Å². The fourth-order valence-corrected chi connectivity index (χ4v) is 2.34. The van der Waals surface area contributed by atoms with Gasteiger partial charge >= 0.3 is 0 Å². The fraction of sp³-hybridized carbons (Fsp3) is 0.421. The summed E-state index contributed by atoms with van der Waals surface area (Å²) >= 11 is 0. The van der Waals surface area contributed by atoms with Gasteiger partial charge < -0.3 is 19.4 Å². The summed E-state index contributed by atoms with van der Waals surface area (Å²) in [6.07, 6.45) is 1.48. The molecule has 140 valence electrons. The number of amides is 1. The molecular weight excluding hydrogens is 334 g/mol. The van der Waals surface area contributed by atoms with E-state index in [9.17, 15) is 9.59 Å². The molecular formula is C19H25N3O4. The Hall–Kier alpha value is -2.83. The monoisotopic (exact) mass is 359 g/mol. The van der Waals surface area contributed by atoms with Gasteiger partial charge in [-0.2, -0.15) is 0 Å². The van der Waals surface area contributed by atoms with Gasteiger partial charge in [0.1, 0.15) is 5.75 Å². The van der Waals surface area contributed by atoms with Crippen LogP contribution < -0.4 is 20.3 Å². The first-order valence-electron chi connectivity index (χ1n) is 8.53. The van der Waals surface area contributed by atoms with Crippen LogP contribution in [0.5, 0.6) is 11.6 Å². The highest BCUT2D eigenvalue weighted by molar-refractivity contribution is 5.93. The maximum Gasteiger partial charge on any atom is 0.254 e. The molecule has 0 saturated carbocycles. The number of pyridine rings is 2. The highest BCUT2D eigenvalue weighted by Crippen LogP contribution is 2.10. The number of carbonyl (C=O) groups is 1. The Morgan fingerprint density at radius 2 is 2.08 bits per heavy atom. The highest BCUT2D eigenvalue weighted by atomic mass is 16.5. The largest absolute Gasteiger partial charge is 0.496 e. The molecule has 2 rings (SSSR count). The SMILES string of the molecule is COc1cc(C)n(CCNC(=O)c2ccc(OCC(C)C)nc2)c(=O)c1. The van der Waals surface area contributed by atoms with E-state index in [1.54, 1.807) is 22.8 Å². The average Bonchev–Trinajstić information content (AvgIpc) is 2.62. The standard InChI is InChI=1S/C19H25N3O4/c1-13(2)12-26-17-6-5-15(11-21-17)19(24)20-7-8-22-14(3)9-16(25-4)10-18(22)23/h5-6,9-11,13H,7-8,12H2,1-4H3,(H,20,24). The van der Waals surface area contributed by atoms with Crippen LogP contribution in [0.2, 0.25) is 0 Å². The third-order valence-corrected chi connectivity index (χ3v) is 3.73. The molecule has 26 heavy (non-hydrogen) atoms. The molecule has 0 aliphatic carbocycles. The van der Waals surface area contributed by atoms with Gasteiger partial charge in [0.05, 0.1) is 19.3 Å². The first-order valence-corrected chi connectivity index (χ1v) is 8.53. The van der Waals surface area contributed by atoms with Crippen molar-refractivity contribution in [3.05, 3.63) is 52.1 Å². The van der Waals surface area contributed by atoms with Gasteiger partial charge in [0.25, 0.3) is 11.5 Å². The molecule has 7 heteroatoms. The molecule has 1 amide bonds. The Morgan fingerprint density at radius 1 is 1.31 bits per heavy atom. The molecule has 0 radical (unpaired) electrons. The van der Waals surface area contributed by atoms with Gasteiger partial charge in [0, 0.05) is 37.1 Å². The number of methoxy groups -OCH3 is 1. The quantitative estimate of drug-likeness (QED) is 0.780. The van der Waals surface area contributed by atoms with Crippen molar-refractivity contribution < 1.29 is 14.3 Å². The van der Waals surface area contributed by atoms with Crippen LogP contribution >= 0.6 is 0 Å². The third-order valence-electron chi connectivity index (χ3n) is 3.73. The third kappa shape index (κ3) is 5.34. The summed E-state index contributed by atoms with van der Waals surface area (Å²) < 4.78 is 12.2. The second-order valence-corrected chi connectivity index (χ2v) is 6.37. The zero-order valence-electron chi connectivity index (χ0n) is 15.6. The fourth-order valence-electron chi connectivity index (χ4n) is 2.34. The highest BCUT2D eigenvalue weighted by Gasteiger charge is 2.08. The number of nitrogens with one attached hydrogen (secondary N) is 1. The molecule has 2 aromatic heterocycles. The van der Waals surface area contributed by atoms with Gasteiger partial charge in [-0.15, -0.1) is 0 Å². The van der Waals surface area contributed by atoms with E-state index in [1.807, 2.05) is 6.92 Å². The summed E-state index contributed by atoms with van der Waals surface area (Å²) in [7, 11) is 1.52. The predicted molar refractivity (Wildman–Crippen MR) is 98.9 cm³/mol. The van der Waals surface area contributed by atoms with Gasteiger partial charge in [-0.05, 0) is 25.0 Å². The number of hydrogen-bond donors (Lipinski definition) is 1. The number of carbonyl (C=O) groups excluding carboxylic acids is 1. The van der Waals surface area contributed by atoms with Crippen molar-refractivity contribution in [2.24, 2.45) is 5.92 Å². The van der Waals surface area contributed by atoms with E-state index < -0.39 is 0 Å². The summed E-state index contributed by atoms with van der Waals surface area (Å²) in [6, 6.07) is 6.55. The molecule has 1 N–H and O–H groups in total. The molecule has 0 aliphatic rings. The Morgan fingerprint density at radius 3 is 2.65 bits per heavy atom. The van der Waals surface area contributed by atoms with Crippen molar-refractivity contribution in [1.29, 1.82) is 0 Å². The van der Waals surface area contributed by atoms with Crippen LogP contribution in [0.15, 0.2) is 35.3 Å². The minimum atomic E-state index is -0.243. The van der Waals surface area contributed by atoms with E-state index in [0.717, 1.165) is 5.69 Å². The van der Waals surface area contributed by atoms with Gasteiger partial charge in [0.2, 0.25) is 5.88 Å². The number of aryl methyl sites for hydroxylation is 1. The molecule has 0 atom stereocenters. The van der Waals surface area contributed by atoms with Crippen LogP contribution in [0.4, 0.5) is 0 Å². The second-order valence-electron chi connectivity index (χ2n) is 6.37. The summed E-state index contributed by atoms with van der Waals surface area (Å²) in [6.45, 7) is 7.22. The molecule has 0 bridgehead atoms. The molecule has 2 heterocycles. The molecule has 0 spiro atoms. The first-order chi connectivity index (χ1) is 12.4. The van der Waals surface area contributed by atoms with Crippen LogP contribution in [0.1, 0.15) is 29.9 Å². The lowest BCUT2D eigenvalue weighted by molar-refractivity contribution is 0.0951. The van der Waals surface area contributed by atoms with Crippen LogP contribution in [0.3, 0.4) is 0 Å². The zero-order valence-corrected chi connectivity index (χ0v) is 15.6. The Labute approximate surface area is 153 Å². The van der Waals surface area contributed by atoms with Crippen molar-refractivity contribution >= 4 is 5.91 Å². The maximum atomic E-state index is 12.2. The van der Waals surface area contributed by atoms with Gasteiger partial charge in [0.15, 0.2) is 0 Å². The first kappa shape index (κ1) is 19.5. The smallest absolute Gasteiger partial charge is 0.254 e. The zero-order chi connectivity index (χ0) is 19.1. The Kier molecular flexibility index (Phi) is 6.77. The number of nitrogens with zero attached hydrogens (tertiary/aromatic N) is 2. The summed E-state index contributed by atoms with van der Waals surface area (Å²) in [5, 5.41) is 2.79.